The second-order valence-corrected chi connectivity index (χ2v) is 11.7. The molecule has 0 N–H and O–H groups in total. The van der Waals surface area contributed by atoms with Gasteiger partial charge in [0.15, 0.2) is 0 Å². The van der Waals surface area contributed by atoms with Gasteiger partial charge in [0.1, 0.15) is 17.7 Å². The maximum absolute atomic E-state index is 13.5. The molecule has 2 fully saturated rings. The Bertz CT molecular complexity index is 1540. The predicted octanol–water partition coefficient (Wildman–Crippen LogP) is 1.63. The van der Waals surface area contributed by atoms with Crippen molar-refractivity contribution in [2.75, 3.05) is 26.4 Å². The number of carbonyl (C=O) groups excluding carboxylic acids is 2. The summed E-state index contributed by atoms with van der Waals surface area (Å²) in [7, 11) is -4.05. The molecule has 13 heteroatoms. The number of pyridine rings is 1. The second-order valence-electron chi connectivity index (χ2n) is 9.78. The Kier molecular flexibility index (Phi) is 7.54. The van der Waals surface area contributed by atoms with Crippen molar-refractivity contribution >= 4 is 22.0 Å². The molecular formula is C27H29N3O9S. The number of hydrogen-bond acceptors (Lipinski definition) is 10. The van der Waals surface area contributed by atoms with Crippen LogP contribution in [-0.2, 0) is 50.9 Å². The number of carbonyl (C=O) groups is 2. The SMILES string of the molecule is CCOC(=O)C(OC(=O)C1CCCN1S(=O)(=O)c1ccc(C)cc1)c1cc2n(c(=O)c1C#N)CCC21OCCO1. The van der Waals surface area contributed by atoms with Crippen LogP contribution in [0.4, 0.5) is 0 Å². The van der Waals surface area contributed by atoms with Crippen LogP contribution in [0.2, 0.25) is 0 Å². The molecule has 0 bridgehead atoms. The van der Waals surface area contributed by atoms with Gasteiger partial charge in [-0.15, -0.1) is 0 Å². The number of hydrogen-bond donors (Lipinski definition) is 0. The maximum Gasteiger partial charge on any atom is 0.352 e. The Morgan fingerprint density at radius 3 is 2.55 bits per heavy atom. The maximum atomic E-state index is 13.5. The number of rotatable bonds is 7. The molecule has 0 aliphatic carbocycles. The van der Waals surface area contributed by atoms with Crippen LogP contribution in [0.1, 0.15) is 54.7 Å². The van der Waals surface area contributed by atoms with Gasteiger partial charge in [-0.1, -0.05) is 17.7 Å². The monoisotopic (exact) mass is 571 g/mol. The Morgan fingerprint density at radius 2 is 1.90 bits per heavy atom. The lowest BCUT2D eigenvalue weighted by Gasteiger charge is -2.26. The first-order valence-corrected chi connectivity index (χ1v) is 14.5. The molecule has 0 saturated carbocycles. The molecule has 2 saturated heterocycles. The van der Waals surface area contributed by atoms with E-state index in [9.17, 15) is 28.1 Å². The molecule has 12 nitrogen and oxygen atoms in total. The normalized spacial score (nSPS) is 20.7. The van der Waals surface area contributed by atoms with Crippen LogP contribution >= 0.6 is 0 Å². The van der Waals surface area contributed by atoms with Gasteiger partial charge in [0.05, 0.1) is 30.4 Å². The zero-order valence-corrected chi connectivity index (χ0v) is 22.9. The minimum absolute atomic E-state index is 0.0278. The average Bonchev–Trinajstić information content (AvgIpc) is 3.69. The molecule has 1 aromatic carbocycles. The fourth-order valence-corrected chi connectivity index (χ4v) is 7.06. The summed E-state index contributed by atoms with van der Waals surface area (Å²) in [5.74, 6) is -3.20. The zero-order chi connectivity index (χ0) is 28.7. The molecule has 5 rings (SSSR count). The van der Waals surface area contributed by atoms with E-state index in [1.54, 1.807) is 19.1 Å². The number of benzene rings is 1. The molecule has 2 unspecified atom stereocenters. The van der Waals surface area contributed by atoms with E-state index in [2.05, 4.69) is 0 Å². The molecule has 4 heterocycles. The van der Waals surface area contributed by atoms with E-state index in [-0.39, 0.29) is 42.1 Å². The number of sulfonamides is 1. The van der Waals surface area contributed by atoms with Gasteiger partial charge < -0.3 is 23.5 Å². The minimum atomic E-state index is -4.05. The summed E-state index contributed by atoms with van der Waals surface area (Å²) in [6.07, 6.45) is -0.893. The lowest BCUT2D eigenvalue weighted by atomic mass is 10.0. The van der Waals surface area contributed by atoms with Crippen molar-refractivity contribution in [3.8, 4) is 6.07 Å². The fourth-order valence-electron chi connectivity index (χ4n) is 5.42. The summed E-state index contributed by atoms with van der Waals surface area (Å²) < 4.78 is 51.5. The van der Waals surface area contributed by atoms with Gasteiger partial charge in [-0.25, -0.2) is 13.2 Å². The number of esters is 2. The molecular weight excluding hydrogens is 542 g/mol. The fraction of sp³-hybridized carbons (Fsp3) is 0.481. The molecule has 3 aliphatic heterocycles. The first kappa shape index (κ1) is 28.0. The van der Waals surface area contributed by atoms with Crippen LogP contribution < -0.4 is 5.56 Å². The van der Waals surface area contributed by atoms with Crippen LogP contribution in [0.3, 0.4) is 0 Å². The molecule has 212 valence electrons. The van der Waals surface area contributed by atoms with Gasteiger partial charge in [0, 0.05) is 25.1 Å². The highest BCUT2D eigenvalue weighted by atomic mass is 32.2. The summed E-state index contributed by atoms with van der Waals surface area (Å²) in [4.78, 5) is 39.9. The van der Waals surface area contributed by atoms with Crippen LogP contribution in [0.5, 0.6) is 0 Å². The lowest BCUT2D eigenvalue weighted by Crippen LogP contribution is -2.42. The number of aromatic nitrogens is 1. The highest BCUT2D eigenvalue weighted by Gasteiger charge is 2.48. The van der Waals surface area contributed by atoms with Gasteiger partial charge in [0.25, 0.3) is 5.56 Å². The first-order chi connectivity index (χ1) is 19.1. The van der Waals surface area contributed by atoms with Crippen molar-refractivity contribution in [2.24, 2.45) is 0 Å². The molecule has 3 aliphatic rings. The number of nitriles is 1. The molecule has 40 heavy (non-hydrogen) atoms. The molecule has 2 aromatic rings. The molecule has 1 aromatic heterocycles. The van der Waals surface area contributed by atoms with Crippen LogP contribution in [0.25, 0.3) is 0 Å². The van der Waals surface area contributed by atoms with Gasteiger partial charge in [-0.3, -0.25) is 9.59 Å². The lowest BCUT2D eigenvalue weighted by molar-refractivity contribution is -0.170. The van der Waals surface area contributed by atoms with E-state index in [1.807, 2.05) is 13.0 Å². The Morgan fingerprint density at radius 1 is 1.20 bits per heavy atom. The number of aryl methyl sites for hydroxylation is 1. The minimum Gasteiger partial charge on any atom is -0.463 e. The number of nitrogens with zero attached hydrogens (tertiary/aromatic N) is 3. The van der Waals surface area contributed by atoms with Crippen molar-refractivity contribution in [2.45, 2.75) is 62.5 Å². The standard InChI is InChI=1S/C27H29N3O9S/c1-3-36-26(33)23(19-15-22-27(37-13-14-38-27)10-12-29(22)24(31)20(19)16-28)39-25(32)21-5-4-11-30(21)40(34,35)18-8-6-17(2)7-9-18/h6-9,15,21,23H,3-5,10-14H2,1-2H3. The Hall–Kier alpha value is -3.57. The Balaban J connectivity index is 1.51. The highest BCUT2D eigenvalue weighted by molar-refractivity contribution is 7.89. The number of fused-ring (bicyclic) bond motifs is 2. The van der Waals surface area contributed by atoms with Crippen LogP contribution in [-0.4, -0.2) is 61.6 Å². The zero-order valence-electron chi connectivity index (χ0n) is 22.1. The van der Waals surface area contributed by atoms with Gasteiger partial charge >= 0.3 is 11.9 Å². The first-order valence-electron chi connectivity index (χ1n) is 13.0. The smallest absolute Gasteiger partial charge is 0.352 e. The average molecular weight is 572 g/mol. The summed E-state index contributed by atoms with van der Waals surface area (Å²) in [6.45, 7) is 4.24. The number of ether oxygens (including phenoxy) is 4. The summed E-state index contributed by atoms with van der Waals surface area (Å²) in [5.41, 5.74) is -0.0565. The Labute approximate surface area is 231 Å². The van der Waals surface area contributed by atoms with Crippen molar-refractivity contribution in [1.29, 1.82) is 5.26 Å². The second kappa shape index (κ2) is 10.8. The van der Waals surface area contributed by atoms with E-state index in [4.69, 9.17) is 18.9 Å². The third-order valence-corrected chi connectivity index (χ3v) is 9.29. The van der Waals surface area contributed by atoms with E-state index in [0.717, 1.165) is 9.87 Å². The summed E-state index contributed by atoms with van der Waals surface area (Å²) in [6, 6.07) is 8.28. The van der Waals surface area contributed by atoms with Crippen LogP contribution in [0, 0.1) is 18.3 Å². The molecule has 0 radical (unpaired) electrons. The third-order valence-electron chi connectivity index (χ3n) is 7.37. The van der Waals surface area contributed by atoms with Gasteiger partial charge in [-0.2, -0.15) is 9.57 Å². The topological polar surface area (TPSA) is 154 Å². The van der Waals surface area contributed by atoms with E-state index in [0.29, 0.717) is 31.7 Å². The molecule has 2 atom stereocenters. The summed E-state index contributed by atoms with van der Waals surface area (Å²) in [5, 5.41) is 9.88. The van der Waals surface area contributed by atoms with Crippen molar-refractivity contribution in [1.82, 2.24) is 8.87 Å². The largest absolute Gasteiger partial charge is 0.463 e. The van der Waals surface area contributed by atoms with Crippen molar-refractivity contribution < 1.29 is 37.0 Å². The predicted molar refractivity (Wildman–Crippen MR) is 137 cm³/mol. The van der Waals surface area contributed by atoms with E-state index >= 15 is 0 Å². The van der Waals surface area contributed by atoms with Gasteiger partial charge in [0.2, 0.25) is 21.9 Å². The van der Waals surface area contributed by atoms with Crippen LogP contribution in [0.15, 0.2) is 40.0 Å². The van der Waals surface area contributed by atoms with E-state index < -0.39 is 45.5 Å². The highest BCUT2D eigenvalue weighted by Crippen LogP contribution is 2.41. The van der Waals surface area contributed by atoms with Gasteiger partial charge in [-0.05, 0) is 44.9 Å². The summed E-state index contributed by atoms with van der Waals surface area (Å²) >= 11 is 0. The van der Waals surface area contributed by atoms with E-state index in [1.165, 1.54) is 22.8 Å². The quantitative estimate of drug-likeness (QED) is 0.448. The van der Waals surface area contributed by atoms with Crippen molar-refractivity contribution in [3.63, 3.8) is 0 Å². The molecule has 0 amide bonds. The van der Waals surface area contributed by atoms with Crippen molar-refractivity contribution in [3.05, 3.63) is 63.1 Å². The molecule has 1 spiro atoms. The third kappa shape index (κ3) is 4.71.